The number of nitrogens with one attached hydrogen (secondary N) is 1. The standard InChI is InChI=1S/C12H13ClN2O2/c1-8-6-15(12(17)14-11(8)16)7-9-2-4-10(13)5-3-9/h2-5,8H,6-7H2,1H3,(H,14,16,17). The van der Waals surface area contributed by atoms with Crippen LogP contribution in [0.4, 0.5) is 4.79 Å². The van der Waals surface area contributed by atoms with Crippen LogP contribution in [-0.4, -0.2) is 23.4 Å². The molecule has 0 aromatic heterocycles. The highest BCUT2D eigenvalue weighted by Gasteiger charge is 2.28. The first-order chi connectivity index (χ1) is 8.06. The fourth-order valence-corrected chi connectivity index (χ4v) is 1.88. The van der Waals surface area contributed by atoms with Gasteiger partial charge in [0, 0.05) is 18.1 Å². The first-order valence-corrected chi connectivity index (χ1v) is 5.78. The summed E-state index contributed by atoms with van der Waals surface area (Å²) in [5.74, 6) is -0.373. The van der Waals surface area contributed by atoms with Crippen LogP contribution in [0.2, 0.25) is 5.02 Å². The number of carbonyl (C=O) groups is 2. The van der Waals surface area contributed by atoms with E-state index in [1.165, 1.54) is 0 Å². The van der Waals surface area contributed by atoms with Crippen molar-refractivity contribution in [2.75, 3.05) is 6.54 Å². The molecular weight excluding hydrogens is 240 g/mol. The third-order valence-corrected chi connectivity index (χ3v) is 3.00. The van der Waals surface area contributed by atoms with E-state index in [1.54, 1.807) is 24.0 Å². The van der Waals surface area contributed by atoms with Gasteiger partial charge in [-0.2, -0.15) is 0 Å². The van der Waals surface area contributed by atoms with Crippen LogP contribution in [-0.2, 0) is 11.3 Å². The van der Waals surface area contributed by atoms with Crippen LogP contribution < -0.4 is 5.32 Å². The summed E-state index contributed by atoms with van der Waals surface area (Å²) in [4.78, 5) is 24.5. The third-order valence-electron chi connectivity index (χ3n) is 2.75. The van der Waals surface area contributed by atoms with Crippen molar-refractivity contribution in [3.63, 3.8) is 0 Å². The maximum atomic E-state index is 11.6. The van der Waals surface area contributed by atoms with E-state index in [-0.39, 0.29) is 17.9 Å². The first-order valence-electron chi connectivity index (χ1n) is 5.40. The van der Waals surface area contributed by atoms with Gasteiger partial charge in [-0.15, -0.1) is 0 Å². The Morgan fingerprint density at radius 1 is 1.35 bits per heavy atom. The van der Waals surface area contributed by atoms with Crippen LogP contribution in [0.25, 0.3) is 0 Å². The van der Waals surface area contributed by atoms with Gasteiger partial charge in [-0.3, -0.25) is 10.1 Å². The predicted molar refractivity (Wildman–Crippen MR) is 64.6 cm³/mol. The molecule has 3 amide bonds. The van der Waals surface area contributed by atoms with Gasteiger partial charge < -0.3 is 4.90 Å². The Bertz CT molecular complexity index is 444. The van der Waals surface area contributed by atoms with E-state index in [2.05, 4.69) is 5.32 Å². The van der Waals surface area contributed by atoms with E-state index in [0.29, 0.717) is 18.1 Å². The van der Waals surface area contributed by atoms with E-state index in [0.717, 1.165) is 5.56 Å². The van der Waals surface area contributed by atoms with Crippen LogP contribution >= 0.6 is 11.6 Å². The second-order valence-electron chi connectivity index (χ2n) is 4.20. The van der Waals surface area contributed by atoms with Gasteiger partial charge in [0.1, 0.15) is 0 Å². The lowest BCUT2D eigenvalue weighted by Crippen LogP contribution is -2.53. The molecule has 1 aromatic carbocycles. The van der Waals surface area contributed by atoms with E-state index < -0.39 is 0 Å². The summed E-state index contributed by atoms with van der Waals surface area (Å²) in [7, 11) is 0. The van der Waals surface area contributed by atoms with E-state index >= 15 is 0 Å². The van der Waals surface area contributed by atoms with Crippen molar-refractivity contribution in [2.24, 2.45) is 5.92 Å². The molecule has 0 radical (unpaired) electrons. The molecule has 1 aromatic rings. The number of imide groups is 1. The van der Waals surface area contributed by atoms with Gasteiger partial charge in [-0.05, 0) is 17.7 Å². The predicted octanol–water partition coefficient (Wildman–Crippen LogP) is 2.03. The number of benzene rings is 1. The number of hydrogen-bond donors (Lipinski definition) is 1. The van der Waals surface area contributed by atoms with Crippen LogP contribution in [0.15, 0.2) is 24.3 Å². The summed E-state index contributed by atoms with van der Waals surface area (Å²) in [6, 6.07) is 6.98. The molecule has 1 unspecified atom stereocenters. The lowest BCUT2D eigenvalue weighted by Gasteiger charge is -2.30. The van der Waals surface area contributed by atoms with Crippen LogP contribution in [0, 0.1) is 5.92 Å². The van der Waals surface area contributed by atoms with Crippen molar-refractivity contribution >= 4 is 23.5 Å². The minimum atomic E-state index is -0.331. The molecule has 1 aliphatic rings. The van der Waals surface area contributed by atoms with Crippen molar-refractivity contribution in [2.45, 2.75) is 13.5 Å². The Balaban J connectivity index is 2.06. The van der Waals surface area contributed by atoms with E-state index in [1.807, 2.05) is 12.1 Å². The van der Waals surface area contributed by atoms with Gasteiger partial charge >= 0.3 is 6.03 Å². The largest absolute Gasteiger partial charge is 0.324 e. The molecule has 1 aliphatic heterocycles. The monoisotopic (exact) mass is 252 g/mol. The number of amides is 3. The molecule has 4 nitrogen and oxygen atoms in total. The Labute approximate surface area is 105 Å². The van der Waals surface area contributed by atoms with Gasteiger partial charge in [0.25, 0.3) is 0 Å². The highest BCUT2D eigenvalue weighted by Crippen LogP contribution is 2.14. The molecule has 1 heterocycles. The Hall–Kier alpha value is -1.55. The second kappa shape index (κ2) is 4.75. The molecule has 2 rings (SSSR count). The Morgan fingerprint density at radius 3 is 2.65 bits per heavy atom. The molecule has 1 N–H and O–H groups in total. The zero-order chi connectivity index (χ0) is 12.4. The maximum Gasteiger partial charge on any atom is 0.324 e. The average Bonchev–Trinajstić information content (AvgIpc) is 2.29. The summed E-state index contributed by atoms with van der Waals surface area (Å²) in [5.41, 5.74) is 0.992. The molecule has 1 saturated heterocycles. The van der Waals surface area contributed by atoms with Crippen LogP contribution in [0.5, 0.6) is 0 Å². The molecule has 90 valence electrons. The third kappa shape index (κ3) is 2.77. The Kier molecular flexibility index (Phi) is 3.33. The summed E-state index contributed by atoms with van der Waals surface area (Å²) in [6.07, 6.45) is 0. The number of carbonyl (C=O) groups excluding carboxylic acids is 2. The fraction of sp³-hybridized carbons (Fsp3) is 0.333. The van der Waals surface area contributed by atoms with Crippen molar-refractivity contribution in [1.82, 2.24) is 10.2 Å². The first kappa shape index (κ1) is 11.9. The molecule has 0 aliphatic carbocycles. The smallest absolute Gasteiger partial charge is 0.319 e. The van der Waals surface area contributed by atoms with Crippen molar-refractivity contribution < 1.29 is 9.59 Å². The highest BCUT2D eigenvalue weighted by molar-refractivity contribution is 6.30. The summed E-state index contributed by atoms with van der Waals surface area (Å²) < 4.78 is 0. The van der Waals surface area contributed by atoms with E-state index in [9.17, 15) is 9.59 Å². The lowest BCUT2D eigenvalue weighted by molar-refractivity contribution is -0.125. The molecule has 1 fully saturated rings. The van der Waals surface area contributed by atoms with Crippen molar-refractivity contribution in [1.29, 1.82) is 0 Å². The molecule has 5 heteroatoms. The number of hydrogen-bond acceptors (Lipinski definition) is 2. The summed E-state index contributed by atoms with van der Waals surface area (Å²) in [6.45, 7) is 2.74. The van der Waals surface area contributed by atoms with Gasteiger partial charge in [0.15, 0.2) is 0 Å². The number of halogens is 1. The molecule has 0 saturated carbocycles. The number of nitrogens with zero attached hydrogens (tertiary/aromatic N) is 1. The van der Waals surface area contributed by atoms with Crippen molar-refractivity contribution in [3.05, 3.63) is 34.9 Å². The fourth-order valence-electron chi connectivity index (χ4n) is 1.75. The van der Waals surface area contributed by atoms with Crippen molar-refractivity contribution in [3.8, 4) is 0 Å². The number of rotatable bonds is 2. The van der Waals surface area contributed by atoms with Gasteiger partial charge in [0.2, 0.25) is 5.91 Å². The molecule has 1 atom stereocenters. The van der Waals surface area contributed by atoms with Gasteiger partial charge in [-0.1, -0.05) is 30.7 Å². The summed E-state index contributed by atoms with van der Waals surface area (Å²) in [5, 5.41) is 3.00. The molecule has 0 spiro atoms. The normalized spacial score (nSPS) is 20.4. The topological polar surface area (TPSA) is 49.4 Å². The maximum absolute atomic E-state index is 11.6. The van der Waals surface area contributed by atoms with Gasteiger partial charge in [0.05, 0.1) is 5.92 Å². The minimum Gasteiger partial charge on any atom is -0.319 e. The molecule has 0 bridgehead atoms. The average molecular weight is 253 g/mol. The van der Waals surface area contributed by atoms with E-state index in [4.69, 9.17) is 11.6 Å². The van der Waals surface area contributed by atoms with Crippen LogP contribution in [0.1, 0.15) is 12.5 Å². The van der Waals surface area contributed by atoms with Crippen LogP contribution in [0.3, 0.4) is 0 Å². The number of urea groups is 1. The highest BCUT2D eigenvalue weighted by atomic mass is 35.5. The summed E-state index contributed by atoms with van der Waals surface area (Å²) >= 11 is 5.79. The zero-order valence-corrected chi connectivity index (χ0v) is 10.2. The zero-order valence-electron chi connectivity index (χ0n) is 9.44. The second-order valence-corrected chi connectivity index (χ2v) is 4.64. The molecule has 17 heavy (non-hydrogen) atoms. The quantitative estimate of drug-likeness (QED) is 0.876. The minimum absolute atomic E-state index is 0.167. The lowest BCUT2D eigenvalue weighted by atomic mass is 10.1. The van der Waals surface area contributed by atoms with Gasteiger partial charge in [-0.25, -0.2) is 4.79 Å². The Morgan fingerprint density at radius 2 is 2.00 bits per heavy atom. The molecular formula is C12H13ClN2O2. The SMILES string of the molecule is CC1CN(Cc2ccc(Cl)cc2)C(=O)NC1=O.